The summed E-state index contributed by atoms with van der Waals surface area (Å²) in [6, 6.07) is 0. The van der Waals surface area contributed by atoms with E-state index in [0.717, 1.165) is 12.5 Å². The van der Waals surface area contributed by atoms with Crippen LogP contribution in [0, 0.1) is 5.92 Å². The van der Waals surface area contributed by atoms with Crippen LogP contribution in [-0.4, -0.2) is 32.3 Å². The molecule has 1 heterocycles. The van der Waals surface area contributed by atoms with Crippen molar-refractivity contribution >= 4 is 16.7 Å². The minimum absolute atomic E-state index is 0.597. The van der Waals surface area contributed by atoms with Crippen molar-refractivity contribution in [3.63, 3.8) is 0 Å². The van der Waals surface area contributed by atoms with Crippen LogP contribution >= 0.6 is 0 Å². The highest BCUT2D eigenvalue weighted by molar-refractivity contribution is 7.84. The molecule has 0 aromatic carbocycles. The maximum absolute atomic E-state index is 10.9. The van der Waals surface area contributed by atoms with Gasteiger partial charge in [-0.15, -0.1) is 0 Å². The van der Waals surface area contributed by atoms with E-state index in [1.807, 2.05) is 6.20 Å². The van der Waals surface area contributed by atoms with E-state index in [2.05, 4.69) is 28.7 Å². The summed E-state index contributed by atoms with van der Waals surface area (Å²) < 4.78 is 13.0. The lowest BCUT2D eigenvalue weighted by Gasteiger charge is -2.11. The van der Waals surface area contributed by atoms with Crippen LogP contribution in [0.1, 0.15) is 13.8 Å². The van der Waals surface area contributed by atoms with E-state index in [0.29, 0.717) is 18.2 Å². The summed E-state index contributed by atoms with van der Waals surface area (Å²) in [6.45, 7) is 6.01. The summed E-state index contributed by atoms with van der Waals surface area (Å²) in [5.74, 6) is 2.13. The van der Waals surface area contributed by atoms with E-state index in [1.165, 1.54) is 0 Å². The average Bonchev–Trinajstić information content (AvgIpc) is 2.51. The second-order valence-corrected chi connectivity index (χ2v) is 5.56. The molecule has 0 saturated heterocycles. The molecule has 0 aliphatic carbocycles. The van der Waals surface area contributed by atoms with Gasteiger partial charge in [0.15, 0.2) is 0 Å². The molecule has 0 bridgehead atoms. The molecule has 5 heteroatoms. The number of anilines is 1. The third-order valence-corrected chi connectivity index (χ3v) is 2.73. The first-order chi connectivity index (χ1) is 7.09. The van der Waals surface area contributed by atoms with Gasteiger partial charge in [-0.25, -0.2) is 4.98 Å². The van der Waals surface area contributed by atoms with Crippen molar-refractivity contribution in [2.75, 3.05) is 23.9 Å². The maximum atomic E-state index is 10.9. The van der Waals surface area contributed by atoms with E-state index in [4.69, 9.17) is 0 Å². The Balaban J connectivity index is 2.46. The monoisotopic (exact) mass is 229 g/mol. The van der Waals surface area contributed by atoms with Crippen molar-refractivity contribution in [2.45, 2.75) is 20.4 Å². The van der Waals surface area contributed by atoms with E-state index >= 15 is 0 Å². The number of rotatable bonds is 6. The van der Waals surface area contributed by atoms with Crippen LogP contribution in [0.3, 0.4) is 0 Å². The van der Waals surface area contributed by atoms with Gasteiger partial charge in [0, 0.05) is 48.3 Å². The molecule has 1 aromatic rings. The molecule has 1 atom stereocenters. The number of hydrogen-bond donors (Lipinski definition) is 1. The van der Waals surface area contributed by atoms with Gasteiger partial charge in [0.2, 0.25) is 5.95 Å². The Bertz CT molecular complexity index is 322. The molecule has 1 unspecified atom stereocenters. The molecular weight excluding hydrogens is 210 g/mol. The average molecular weight is 229 g/mol. The van der Waals surface area contributed by atoms with Gasteiger partial charge < -0.3 is 9.88 Å². The highest BCUT2D eigenvalue weighted by Crippen LogP contribution is 2.07. The predicted molar refractivity (Wildman–Crippen MR) is 64.5 cm³/mol. The van der Waals surface area contributed by atoms with E-state index < -0.39 is 10.8 Å². The fourth-order valence-electron chi connectivity index (χ4n) is 1.32. The first kappa shape index (κ1) is 12.2. The number of aromatic nitrogens is 2. The Morgan fingerprint density at radius 3 is 2.93 bits per heavy atom. The summed E-state index contributed by atoms with van der Waals surface area (Å²) >= 11 is 0. The molecule has 86 valence electrons. The van der Waals surface area contributed by atoms with Crippen molar-refractivity contribution in [1.82, 2.24) is 9.55 Å². The Morgan fingerprint density at radius 1 is 1.60 bits per heavy atom. The van der Waals surface area contributed by atoms with E-state index in [9.17, 15) is 4.21 Å². The van der Waals surface area contributed by atoms with E-state index in [1.54, 1.807) is 12.5 Å². The second-order valence-electron chi connectivity index (χ2n) is 4.00. The molecule has 15 heavy (non-hydrogen) atoms. The summed E-state index contributed by atoms with van der Waals surface area (Å²) in [4.78, 5) is 4.22. The van der Waals surface area contributed by atoms with Crippen LogP contribution in [0.25, 0.3) is 0 Å². The Labute approximate surface area is 93.5 Å². The van der Waals surface area contributed by atoms with Gasteiger partial charge in [0.05, 0.1) is 0 Å². The van der Waals surface area contributed by atoms with Crippen molar-refractivity contribution in [1.29, 1.82) is 0 Å². The van der Waals surface area contributed by atoms with Crippen LogP contribution in [-0.2, 0) is 17.3 Å². The Kier molecular flexibility index (Phi) is 4.81. The van der Waals surface area contributed by atoms with Crippen LogP contribution < -0.4 is 5.32 Å². The summed E-state index contributed by atoms with van der Waals surface area (Å²) in [7, 11) is -0.744. The first-order valence-corrected chi connectivity index (χ1v) is 6.87. The fourth-order valence-corrected chi connectivity index (χ4v) is 1.71. The van der Waals surface area contributed by atoms with Gasteiger partial charge in [-0.2, -0.15) is 0 Å². The molecule has 1 N–H and O–H groups in total. The minimum Gasteiger partial charge on any atom is -0.355 e. The van der Waals surface area contributed by atoms with E-state index in [-0.39, 0.29) is 0 Å². The molecule has 0 aliphatic heterocycles. The summed E-state index contributed by atoms with van der Waals surface area (Å²) in [6.07, 6.45) is 5.46. The third kappa shape index (κ3) is 4.46. The molecule has 0 fully saturated rings. The zero-order valence-electron chi connectivity index (χ0n) is 9.56. The van der Waals surface area contributed by atoms with Crippen LogP contribution in [0.4, 0.5) is 5.95 Å². The lowest BCUT2D eigenvalue weighted by molar-refractivity contribution is 0.526. The highest BCUT2D eigenvalue weighted by atomic mass is 32.2. The minimum atomic E-state index is -0.744. The predicted octanol–water partition coefficient (Wildman–Crippen LogP) is 1.33. The van der Waals surface area contributed by atoms with Crippen LogP contribution in [0.15, 0.2) is 12.4 Å². The zero-order chi connectivity index (χ0) is 11.3. The smallest absolute Gasteiger partial charge is 0.202 e. The fraction of sp³-hybridized carbons (Fsp3) is 0.700. The summed E-state index contributed by atoms with van der Waals surface area (Å²) in [5.41, 5.74) is 0. The third-order valence-electron chi connectivity index (χ3n) is 1.95. The second kappa shape index (κ2) is 5.90. The number of nitrogens with one attached hydrogen (secondary N) is 1. The molecule has 0 spiro atoms. The zero-order valence-corrected chi connectivity index (χ0v) is 10.4. The van der Waals surface area contributed by atoms with Crippen LogP contribution in [0.5, 0.6) is 0 Å². The SMILES string of the molecule is CC(C)Cn1ccnc1NCCS(C)=O. The molecule has 4 nitrogen and oxygen atoms in total. The summed E-state index contributed by atoms with van der Waals surface area (Å²) in [5, 5.41) is 3.19. The van der Waals surface area contributed by atoms with Gasteiger partial charge in [-0.1, -0.05) is 13.8 Å². The molecule has 0 saturated carbocycles. The lowest BCUT2D eigenvalue weighted by atomic mass is 10.2. The first-order valence-electron chi connectivity index (χ1n) is 5.14. The van der Waals surface area contributed by atoms with Crippen molar-refractivity contribution in [3.8, 4) is 0 Å². The normalized spacial score (nSPS) is 13.1. The molecule has 0 radical (unpaired) electrons. The van der Waals surface area contributed by atoms with Gasteiger partial charge >= 0.3 is 0 Å². The topological polar surface area (TPSA) is 46.9 Å². The largest absolute Gasteiger partial charge is 0.355 e. The molecule has 0 amide bonds. The van der Waals surface area contributed by atoms with Crippen molar-refractivity contribution in [3.05, 3.63) is 12.4 Å². The molecular formula is C10H19N3OS. The standard InChI is InChI=1S/C10H19N3OS/c1-9(2)8-13-6-4-11-10(13)12-5-7-15(3)14/h4,6,9H,5,7-8H2,1-3H3,(H,11,12). The van der Waals surface area contributed by atoms with Gasteiger partial charge in [-0.05, 0) is 5.92 Å². The molecule has 0 aliphatic rings. The van der Waals surface area contributed by atoms with Gasteiger partial charge in [-0.3, -0.25) is 4.21 Å². The van der Waals surface area contributed by atoms with Gasteiger partial charge in [0.25, 0.3) is 0 Å². The number of nitrogens with zero attached hydrogens (tertiary/aromatic N) is 2. The Morgan fingerprint density at radius 2 is 2.33 bits per heavy atom. The van der Waals surface area contributed by atoms with Crippen LogP contribution in [0.2, 0.25) is 0 Å². The molecule has 1 aromatic heterocycles. The maximum Gasteiger partial charge on any atom is 0.202 e. The quantitative estimate of drug-likeness (QED) is 0.800. The lowest BCUT2D eigenvalue weighted by Crippen LogP contribution is -2.15. The Hall–Kier alpha value is -0.840. The number of hydrogen-bond acceptors (Lipinski definition) is 3. The molecule has 1 rings (SSSR count). The highest BCUT2D eigenvalue weighted by Gasteiger charge is 2.03. The van der Waals surface area contributed by atoms with Gasteiger partial charge in [0.1, 0.15) is 0 Å². The van der Waals surface area contributed by atoms with Crippen molar-refractivity contribution in [2.24, 2.45) is 5.92 Å². The number of imidazole rings is 1. The van der Waals surface area contributed by atoms with Crippen molar-refractivity contribution < 1.29 is 4.21 Å².